The van der Waals surface area contributed by atoms with Gasteiger partial charge in [-0.15, -0.1) is 0 Å². The van der Waals surface area contributed by atoms with Crippen LogP contribution in [0.25, 0.3) is 0 Å². The molecule has 2 saturated heterocycles. The Kier molecular flexibility index (Phi) is 5.99. The first-order valence-electron chi connectivity index (χ1n) is 11.8. The minimum absolute atomic E-state index is 0.0421. The Morgan fingerprint density at radius 1 is 1.18 bits per heavy atom. The summed E-state index contributed by atoms with van der Waals surface area (Å²) in [6.07, 6.45) is 7.35. The lowest BCUT2D eigenvalue weighted by Gasteiger charge is -2.53. The minimum Gasteiger partial charge on any atom is -0.491 e. The van der Waals surface area contributed by atoms with E-state index in [4.69, 9.17) is 4.74 Å². The van der Waals surface area contributed by atoms with Gasteiger partial charge in [-0.25, -0.2) is 9.97 Å². The molecule has 2 aliphatic heterocycles. The van der Waals surface area contributed by atoms with Crippen molar-refractivity contribution in [3.63, 3.8) is 0 Å². The third-order valence-corrected chi connectivity index (χ3v) is 6.95. The zero-order valence-corrected chi connectivity index (χ0v) is 19.6. The minimum atomic E-state index is -0.279. The van der Waals surface area contributed by atoms with Crippen LogP contribution in [0.4, 0.5) is 23.0 Å². The van der Waals surface area contributed by atoms with Crippen molar-refractivity contribution >= 4 is 34.8 Å². The summed E-state index contributed by atoms with van der Waals surface area (Å²) in [5.41, 5.74) is 1.93. The van der Waals surface area contributed by atoms with Crippen molar-refractivity contribution in [3.8, 4) is 5.75 Å². The zero-order valence-electron chi connectivity index (χ0n) is 19.6. The average molecular weight is 466 g/mol. The SMILES string of the molecule is CNC(=O)c1cnc(NC(=O)C2CC2)cc1Nc1ccnc(N2CC3(CCNCC3)C2)c1OC. The van der Waals surface area contributed by atoms with Crippen molar-refractivity contribution in [1.29, 1.82) is 0 Å². The van der Waals surface area contributed by atoms with Crippen LogP contribution >= 0.6 is 0 Å². The number of anilines is 4. The number of rotatable bonds is 7. The molecule has 0 atom stereocenters. The Bertz CT molecular complexity index is 1090. The molecule has 1 spiro atoms. The predicted molar refractivity (Wildman–Crippen MR) is 130 cm³/mol. The lowest BCUT2D eigenvalue weighted by atomic mass is 9.72. The molecule has 2 aromatic rings. The molecule has 1 aliphatic carbocycles. The third kappa shape index (κ3) is 4.37. The molecular weight excluding hydrogens is 434 g/mol. The Morgan fingerprint density at radius 3 is 2.62 bits per heavy atom. The summed E-state index contributed by atoms with van der Waals surface area (Å²) in [7, 11) is 3.19. The van der Waals surface area contributed by atoms with E-state index < -0.39 is 0 Å². The van der Waals surface area contributed by atoms with Gasteiger partial charge in [-0.3, -0.25) is 9.59 Å². The first kappa shape index (κ1) is 22.4. The van der Waals surface area contributed by atoms with Crippen molar-refractivity contribution in [2.45, 2.75) is 25.7 Å². The molecule has 4 N–H and O–H groups in total. The number of ether oxygens (including phenoxy) is 1. The molecule has 34 heavy (non-hydrogen) atoms. The summed E-state index contributed by atoms with van der Waals surface area (Å²) in [4.78, 5) is 35.8. The monoisotopic (exact) mass is 465 g/mol. The Hall–Kier alpha value is -3.40. The smallest absolute Gasteiger partial charge is 0.254 e. The van der Waals surface area contributed by atoms with Gasteiger partial charge >= 0.3 is 0 Å². The van der Waals surface area contributed by atoms with Crippen LogP contribution in [-0.4, -0.2) is 62.1 Å². The number of carbonyl (C=O) groups is 2. The van der Waals surface area contributed by atoms with Crippen molar-refractivity contribution in [1.82, 2.24) is 20.6 Å². The molecule has 10 nitrogen and oxygen atoms in total. The lowest BCUT2D eigenvalue weighted by molar-refractivity contribution is -0.117. The molecule has 0 unspecified atom stereocenters. The normalized spacial score (nSPS) is 18.7. The van der Waals surface area contributed by atoms with E-state index in [9.17, 15) is 9.59 Å². The summed E-state index contributed by atoms with van der Waals surface area (Å²) in [6, 6.07) is 3.50. The highest BCUT2D eigenvalue weighted by Crippen LogP contribution is 2.45. The zero-order chi connectivity index (χ0) is 23.7. The van der Waals surface area contributed by atoms with Crippen LogP contribution in [-0.2, 0) is 4.79 Å². The van der Waals surface area contributed by atoms with Gasteiger partial charge < -0.3 is 30.9 Å². The van der Waals surface area contributed by atoms with Crippen LogP contribution in [0.3, 0.4) is 0 Å². The Labute approximate surface area is 198 Å². The van der Waals surface area contributed by atoms with E-state index in [1.54, 1.807) is 26.4 Å². The molecule has 0 bridgehead atoms. The number of methoxy groups -OCH3 is 1. The van der Waals surface area contributed by atoms with Gasteiger partial charge in [0, 0.05) is 49.9 Å². The molecule has 5 rings (SSSR count). The van der Waals surface area contributed by atoms with Gasteiger partial charge in [-0.05, 0) is 44.8 Å². The molecule has 3 aliphatic rings. The van der Waals surface area contributed by atoms with Crippen molar-refractivity contribution in [3.05, 3.63) is 30.1 Å². The van der Waals surface area contributed by atoms with Gasteiger partial charge in [0.2, 0.25) is 5.91 Å². The summed E-state index contributed by atoms with van der Waals surface area (Å²) in [5.74, 6) is 1.54. The maximum absolute atomic E-state index is 12.5. The number of amides is 2. The second-order valence-corrected chi connectivity index (χ2v) is 9.40. The fourth-order valence-electron chi connectivity index (χ4n) is 4.81. The molecule has 0 aromatic carbocycles. The van der Waals surface area contributed by atoms with E-state index in [1.165, 1.54) is 19.0 Å². The molecule has 2 amide bonds. The van der Waals surface area contributed by atoms with E-state index >= 15 is 0 Å². The Balaban J connectivity index is 1.41. The van der Waals surface area contributed by atoms with E-state index in [0.29, 0.717) is 33.9 Å². The van der Waals surface area contributed by atoms with Gasteiger partial charge in [0.05, 0.1) is 24.0 Å². The number of piperidine rings is 1. The van der Waals surface area contributed by atoms with Gasteiger partial charge in [0.1, 0.15) is 5.82 Å². The highest BCUT2D eigenvalue weighted by atomic mass is 16.5. The van der Waals surface area contributed by atoms with E-state index in [0.717, 1.165) is 44.8 Å². The van der Waals surface area contributed by atoms with Crippen molar-refractivity contribution in [2.75, 3.05) is 55.9 Å². The van der Waals surface area contributed by atoms with Crippen LogP contribution in [0.15, 0.2) is 24.5 Å². The fourth-order valence-corrected chi connectivity index (χ4v) is 4.81. The highest BCUT2D eigenvalue weighted by Gasteiger charge is 2.45. The van der Waals surface area contributed by atoms with Gasteiger partial charge in [-0.2, -0.15) is 0 Å². The predicted octanol–water partition coefficient (Wildman–Crippen LogP) is 2.13. The molecular formula is C24H31N7O3. The lowest BCUT2D eigenvalue weighted by Crippen LogP contribution is -2.60. The Morgan fingerprint density at radius 2 is 1.94 bits per heavy atom. The molecule has 1 saturated carbocycles. The number of nitrogens with zero attached hydrogens (tertiary/aromatic N) is 3. The maximum Gasteiger partial charge on any atom is 0.254 e. The van der Waals surface area contributed by atoms with Gasteiger partial charge in [0.15, 0.2) is 11.6 Å². The first-order valence-corrected chi connectivity index (χ1v) is 11.8. The second-order valence-electron chi connectivity index (χ2n) is 9.40. The van der Waals surface area contributed by atoms with Crippen molar-refractivity contribution < 1.29 is 14.3 Å². The second kappa shape index (κ2) is 9.09. The molecule has 0 radical (unpaired) electrons. The topological polar surface area (TPSA) is 121 Å². The standard InChI is InChI=1S/C24H31N7O3/c1-25-23(33)16-12-28-19(30-22(32)15-3-4-15)11-18(16)29-17-5-8-27-21(20(17)34-2)31-13-24(14-31)6-9-26-10-7-24/h5,8,11-12,15,26H,3-4,6-7,9-10,13-14H2,1-2H3,(H,25,33)(H2,27,28,29,30,32). The van der Waals surface area contributed by atoms with Crippen LogP contribution in [0.1, 0.15) is 36.0 Å². The summed E-state index contributed by atoms with van der Waals surface area (Å²) < 4.78 is 5.78. The number of hydrogen-bond donors (Lipinski definition) is 4. The average Bonchev–Trinajstić information content (AvgIpc) is 3.68. The molecule has 180 valence electrons. The molecule has 4 heterocycles. The summed E-state index contributed by atoms with van der Waals surface area (Å²) >= 11 is 0. The fraction of sp³-hybridized carbons (Fsp3) is 0.500. The molecule has 3 fully saturated rings. The van der Waals surface area contributed by atoms with E-state index in [-0.39, 0.29) is 17.7 Å². The number of carbonyl (C=O) groups excluding carboxylic acids is 2. The largest absolute Gasteiger partial charge is 0.491 e. The summed E-state index contributed by atoms with van der Waals surface area (Å²) in [5, 5.41) is 12.2. The van der Waals surface area contributed by atoms with Gasteiger partial charge in [0.25, 0.3) is 5.91 Å². The van der Waals surface area contributed by atoms with E-state index in [1.807, 2.05) is 6.07 Å². The quantitative estimate of drug-likeness (QED) is 0.491. The third-order valence-electron chi connectivity index (χ3n) is 6.95. The van der Waals surface area contributed by atoms with Crippen LogP contribution in [0, 0.1) is 11.3 Å². The molecule has 2 aromatic heterocycles. The van der Waals surface area contributed by atoms with Crippen LogP contribution < -0.4 is 30.9 Å². The van der Waals surface area contributed by atoms with E-state index in [2.05, 4.69) is 36.1 Å². The first-order chi connectivity index (χ1) is 16.5. The van der Waals surface area contributed by atoms with Crippen molar-refractivity contribution in [2.24, 2.45) is 11.3 Å². The molecule has 10 heteroatoms. The highest BCUT2D eigenvalue weighted by molar-refractivity contribution is 6.01. The number of hydrogen-bond acceptors (Lipinski definition) is 8. The summed E-state index contributed by atoms with van der Waals surface area (Å²) in [6.45, 7) is 4.03. The number of nitrogens with one attached hydrogen (secondary N) is 4. The maximum atomic E-state index is 12.5. The van der Waals surface area contributed by atoms with Crippen LogP contribution in [0.2, 0.25) is 0 Å². The van der Waals surface area contributed by atoms with Gasteiger partial charge in [-0.1, -0.05) is 0 Å². The van der Waals surface area contributed by atoms with Crippen LogP contribution in [0.5, 0.6) is 5.75 Å². The number of aromatic nitrogens is 2. The number of pyridine rings is 2.